The Morgan fingerprint density at radius 1 is 1.32 bits per heavy atom. The Labute approximate surface area is 142 Å². The predicted octanol–water partition coefficient (Wildman–Crippen LogP) is 2.24. The van der Waals surface area contributed by atoms with Crippen molar-refractivity contribution in [1.82, 2.24) is 15.5 Å². The lowest BCUT2D eigenvalue weighted by Crippen LogP contribution is -2.37. The number of carbonyl (C=O) groups excluding carboxylic acids is 1. The molecule has 0 radical (unpaired) electrons. The van der Waals surface area contributed by atoms with Crippen molar-refractivity contribution in [3.63, 3.8) is 0 Å². The third-order valence-electron chi connectivity index (χ3n) is 4.38. The van der Waals surface area contributed by atoms with Gasteiger partial charge in [0, 0.05) is 6.04 Å². The van der Waals surface area contributed by atoms with Crippen LogP contribution in [-0.4, -0.2) is 34.6 Å². The van der Waals surface area contributed by atoms with E-state index in [4.69, 9.17) is 9.26 Å². The van der Waals surface area contributed by atoms with Gasteiger partial charge >= 0.3 is 0 Å². The lowest BCUT2D eigenvalue weighted by molar-refractivity contribution is -0.120. The summed E-state index contributed by atoms with van der Waals surface area (Å²) in [5.74, 6) is -0.213. The van der Waals surface area contributed by atoms with Gasteiger partial charge in [-0.15, -0.1) is 0 Å². The first-order valence-electron chi connectivity index (χ1n) is 8.24. The van der Waals surface area contributed by atoms with Crippen LogP contribution in [0.4, 0.5) is 8.78 Å². The lowest BCUT2D eigenvalue weighted by Gasteiger charge is -2.30. The average Bonchev–Trinajstić information content (AvgIpc) is 3.28. The summed E-state index contributed by atoms with van der Waals surface area (Å²) < 4.78 is 37.5. The maximum Gasteiger partial charge on any atom is 0.275 e. The van der Waals surface area contributed by atoms with Crippen molar-refractivity contribution in [1.29, 1.82) is 0 Å². The van der Waals surface area contributed by atoms with Crippen LogP contribution in [0.1, 0.15) is 36.0 Å². The highest BCUT2D eigenvalue weighted by atomic mass is 19.3. The van der Waals surface area contributed by atoms with Gasteiger partial charge in [-0.25, -0.2) is 8.78 Å². The molecule has 0 spiro atoms. The molecule has 0 unspecified atom stereocenters. The van der Waals surface area contributed by atoms with Crippen LogP contribution >= 0.6 is 0 Å². The number of rotatable bonds is 5. The van der Waals surface area contributed by atoms with E-state index >= 15 is 0 Å². The van der Waals surface area contributed by atoms with E-state index in [1.165, 1.54) is 0 Å². The highest BCUT2D eigenvalue weighted by molar-refractivity contribution is 5.78. The van der Waals surface area contributed by atoms with Gasteiger partial charge in [0.05, 0.1) is 12.3 Å². The molecule has 2 aromatic rings. The molecule has 0 bridgehead atoms. The number of nitrogens with one attached hydrogen (secondary N) is 1. The second-order valence-electron chi connectivity index (χ2n) is 6.40. The zero-order chi connectivity index (χ0) is 17.4. The standard InChI is InChI=1S/C17H17F2N3O3/c18-16(19)15-11(7-9-3-1-2-4-12(9)24-15)17-21-13(22-25-17)8-14(23)20-10-5-6-10/h1-4,10-11,15-16H,5-8H2,(H,20,23)/t11-,15-/m1/s1. The molecule has 4 rings (SSSR count). The minimum Gasteiger partial charge on any atom is -0.483 e. The summed E-state index contributed by atoms with van der Waals surface area (Å²) in [5, 5.41) is 6.59. The molecule has 1 fully saturated rings. The molecule has 1 aliphatic heterocycles. The minimum atomic E-state index is -2.69. The number of ether oxygens (including phenoxy) is 1. The zero-order valence-electron chi connectivity index (χ0n) is 13.3. The number of benzene rings is 1. The molecule has 8 heteroatoms. The number of amides is 1. The van der Waals surface area contributed by atoms with Crippen molar-refractivity contribution >= 4 is 5.91 Å². The minimum absolute atomic E-state index is 0.0243. The van der Waals surface area contributed by atoms with Gasteiger partial charge < -0.3 is 14.6 Å². The van der Waals surface area contributed by atoms with Gasteiger partial charge in [-0.3, -0.25) is 4.79 Å². The summed E-state index contributed by atoms with van der Waals surface area (Å²) in [5.41, 5.74) is 0.815. The molecule has 6 nitrogen and oxygen atoms in total. The van der Waals surface area contributed by atoms with Crippen LogP contribution in [0, 0.1) is 0 Å². The van der Waals surface area contributed by atoms with Gasteiger partial charge in [0.25, 0.3) is 6.43 Å². The van der Waals surface area contributed by atoms with Crippen molar-refractivity contribution in [2.75, 3.05) is 0 Å². The summed E-state index contributed by atoms with van der Waals surface area (Å²) >= 11 is 0. The van der Waals surface area contributed by atoms with Crippen molar-refractivity contribution in [3.05, 3.63) is 41.5 Å². The molecule has 1 aromatic carbocycles. The van der Waals surface area contributed by atoms with Crippen molar-refractivity contribution in [2.45, 2.75) is 50.2 Å². The monoisotopic (exact) mass is 349 g/mol. The fourth-order valence-electron chi connectivity index (χ4n) is 2.96. The quantitative estimate of drug-likeness (QED) is 0.896. The third-order valence-corrected chi connectivity index (χ3v) is 4.38. The Hall–Kier alpha value is -2.51. The van der Waals surface area contributed by atoms with Gasteiger partial charge in [-0.1, -0.05) is 23.4 Å². The van der Waals surface area contributed by atoms with E-state index in [1.54, 1.807) is 12.1 Å². The summed E-state index contributed by atoms with van der Waals surface area (Å²) in [4.78, 5) is 16.0. The first-order chi connectivity index (χ1) is 12.1. The molecule has 2 aliphatic rings. The normalized spacial score (nSPS) is 22.4. The van der Waals surface area contributed by atoms with Gasteiger partial charge in [-0.05, 0) is 30.9 Å². The lowest BCUT2D eigenvalue weighted by atomic mass is 9.90. The molecule has 0 saturated heterocycles. The highest BCUT2D eigenvalue weighted by Crippen LogP contribution is 2.38. The first-order valence-corrected chi connectivity index (χ1v) is 8.24. The number of halogens is 2. The SMILES string of the molecule is O=C(Cc1noc([C@@H]2Cc3ccccc3O[C@H]2C(F)F)n1)NC1CC1. The topological polar surface area (TPSA) is 77.2 Å². The van der Waals surface area contributed by atoms with Crippen LogP contribution in [0.15, 0.2) is 28.8 Å². The average molecular weight is 349 g/mol. The summed E-state index contributed by atoms with van der Waals surface area (Å²) in [7, 11) is 0. The van der Waals surface area contributed by atoms with E-state index in [2.05, 4.69) is 15.5 Å². The van der Waals surface area contributed by atoms with Gasteiger partial charge in [-0.2, -0.15) is 4.98 Å². The number of carbonyl (C=O) groups is 1. The highest BCUT2D eigenvalue weighted by Gasteiger charge is 2.40. The smallest absolute Gasteiger partial charge is 0.275 e. The van der Waals surface area contributed by atoms with E-state index in [1.807, 2.05) is 12.1 Å². The Morgan fingerprint density at radius 3 is 2.88 bits per heavy atom. The van der Waals surface area contributed by atoms with Crippen LogP contribution in [0.3, 0.4) is 0 Å². The van der Waals surface area contributed by atoms with Crippen molar-refractivity contribution < 1.29 is 22.8 Å². The molecule has 2 atom stereocenters. The van der Waals surface area contributed by atoms with E-state index in [9.17, 15) is 13.6 Å². The molecule has 1 aliphatic carbocycles. The van der Waals surface area contributed by atoms with Gasteiger partial charge in [0.15, 0.2) is 11.9 Å². The Morgan fingerprint density at radius 2 is 2.12 bits per heavy atom. The fraction of sp³-hybridized carbons (Fsp3) is 0.471. The number of nitrogens with zero attached hydrogens (tertiary/aromatic N) is 2. The van der Waals surface area contributed by atoms with Gasteiger partial charge in [0.2, 0.25) is 11.8 Å². The van der Waals surface area contributed by atoms with E-state index in [-0.39, 0.29) is 30.1 Å². The van der Waals surface area contributed by atoms with E-state index in [0.717, 1.165) is 18.4 Å². The Bertz CT molecular complexity index is 776. The summed E-state index contributed by atoms with van der Waals surface area (Å²) in [6.45, 7) is 0. The largest absolute Gasteiger partial charge is 0.483 e. The van der Waals surface area contributed by atoms with Gasteiger partial charge in [0.1, 0.15) is 5.75 Å². The zero-order valence-corrected chi connectivity index (χ0v) is 13.3. The molecule has 132 valence electrons. The fourth-order valence-corrected chi connectivity index (χ4v) is 2.96. The predicted molar refractivity (Wildman–Crippen MR) is 82.5 cm³/mol. The number of alkyl halides is 2. The second-order valence-corrected chi connectivity index (χ2v) is 6.40. The molecule has 1 N–H and O–H groups in total. The number of aromatic nitrogens is 2. The van der Waals surface area contributed by atoms with E-state index < -0.39 is 18.4 Å². The van der Waals surface area contributed by atoms with Crippen LogP contribution in [0.2, 0.25) is 0 Å². The molecule has 2 heterocycles. The van der Waals surface area contributed by atoms with Crippen molar-refractivity contribution in [2.24, 2.45) is 0 Å². The van der Waals surface area contributed by atoms with Crippen LogP contribution < -0.4 is 10.1 Å². The molecule has 1 aromatic heterocycles. The van der Waals surface area contributed by atoms with Crippen molar-refractivity contribution in [3.8, 4) is 5.75 Å². The number of para-hydroxylation sites is 1. The number of hydrogen-bond donors (Lipinski definition) is 1. The second kappa shape index (κ2) is 6.42. The van der Waals surface area contributed by atoms with Crippen LogP contribution in [-0.2, 0) is 17.6 Å². The van der Waals surface area contributed by atoms with Crippen LogP contribution in [0.5, 0.6) is 5.75 Å². The van der Waals surface area contributed by atoms with E-state index in [0.29, 0.717) is 12.2 Å². The molecular formula is C17H17F2N3O3. The maximum absolute atomic E-state index is 13.4. The molecule has 25 heavy (non-hydrogen) atoms. The molecule has 1 amide bonds. The molecular weight excluding hydrogens is 332 g/mol. The van der Waals surface area contributed by atoms with Crippen LogP contribution in [0.25, 0.3) is 0 Å². The molecule has 1 saturated carbocycles. The Kier molecular flexibility index (Phi) is 4.10. The maximum atomic E-state index is 13.4. The summed E-state index contributed by atoms with van der Waals surface area (Å²) in [6, 6.07) is 7.30. The number of hydrogen-bond acceptors (Lipinski definition) is 5. The summed E-state index contributed by atoms with van der Waals surface area (Å²) in [6.07, 6.45) is -1.78. The first kappa shape index (κ1) is 16.0. The third kappa shape index (κ3) is 3.47. The number of fused-ring (bicyclic) bond motifs is 1. The Balaban J connectivity index is 1.52.